The van der Waals surface area contributed by atoms with E-state index in [4.69, 9.17) is 0 Å². The molecule has 0 spiro atoms. The fourth-order valence-electron chi connectivity index (χ4n) is 2.34. The Bertz CT molecular complexity index is 871. The number of benzene rings is 2. The summed E-state index contributed by atoms with van der Waals surface area (Å²) in [6.07, 6.45) is 0. The highest BCUT2D eigenvalue weighted by Gasteiger charge is 2.10. The molecule has 1 aromatic heterocycles. The zero-order valence-corrected chi connectivity index (χ0v) is 13.8. The molecule has 0 bridgehead atoms. The summed E-state index contributed by atoms with van der Waals surface area (Å²) in [5.41, 5.74) is 3.10. The van der Waals surface area contributed by atoms with Gasteiger partial charge >= 0.3 is 0 Å². The van der Waals surface area contributed by atoms with E-state index >= 15 is 0 Å². The van der Waals surface area contributed by atoms with Crippen LogP contribution in [0.4, 0.5) is 11.4 Å². The number of tetrazole rings is 1. The predicted octanol–water partition coefficient (Wildman–Crippen LogP) is 2.20. The third kappa shape index (κ3) is 3.24. The minimum Gasteiger partial charge on any atom is -0.378 e. The molecule has 7 heteroatoms. The van der Waals surface area contributed by atoms with Crippen molar-refractivity contribution < 1.29 is 4.79 Å². The van der Waals surface area contributed by atoms with Crippen LogP contribution >= 0.6 is 0 Å². The van der Waals surface area contributed by atoms with E-state index < -0.39 is 0 Å². The highest BCUT2D eigenvalue weighted by atomic mass is 16.1. The van der Waals surface area contributed by atoms with Gasteiger partial charge in [0.05, 0.1) is 0 Å². The zero-order chi connectivity index (χ0) is 17.1. The molecule has 0 saturated carbocycles. The lowest BCUT2D eigenvalue weighted by atomic mass is 10.1. The number of hydrogen-bond donors (Lipinski definition) is 1. The van der Waals surface area contributed by atoms with Crippen LogP contribution in [0.2, 0.25) is 0 Å². The molecule has 1 amide bonds. The molecule has 0 fully saturated rings. The second kappa shape index (κ2) is 6.49. The van der Waals surface area contributed by atoms with Crippen molar-refractivity contribution in [2.75, 3.05) is 24.3 Å². The van der Waals surface area contributed by atoms with Crippen LogP contribution < -0.4 is 10.2 Å². The van der Waals surface area contributed by atoms with Gasteiger partial charge in [0.15, 0.2) is 5.82 Å². The molecule has 0 aliphatic heterocycles. The molecular weight excluding hydrogens is 304 g/mol. The summed E-state index contributed by atoms with van der Waals surface area (Å²) in [6.45, 7) is 0. The average Bonchev–Trinajstić information content (AvgIpc) is 3.01. The van der Waals surface area contributed by atoms with Crippen molar-refractivity contribution in [2.24, 2.45) is 7.05 Å². The smallest absolute Gasteiger partial charge is 0.255 e. The Morgan fingerprint density at radius 1 is 1.12 bits per heavy atom. The zero-order valence-electron chi connectivity index (χ0n) is 13.8. The quantitative estimate of drug-likeness (QED) is 0.797. The highest BCUT2D eigenvalue weighted by molar-refractivity contribution is 6.05. The molecular formula is C17H18N6O. The Balaban J connectivity index is 1.82. The fourth-order valence-corrected chi connectivity index (χ4v) is 2.34. The molecule has 3 rings (SSSR count). The first-order chi connectivity index (χ1) is 11.5. The lowest BCUT2D eigenvalue weighted by Gasteiger charge is -2.13. The normalized spacial score (nSPS) is 10.5. The predicted molar refractivity (Wildman–Crippen MR) is 93.0 cm³/mol. The topological polar surface area (TPSA) is 75.9 Å². The van der Waals surface area contributed by atoms with E-state index in [1.165, 1.54) is 0 Å². The summed E-state index contributed by atoms with van der Waals surface area (Å²) in [4.78, 5) is 14.4. The molecule has 7 nitrogen and oxygen atoms in total. The van der Waals surface area contributed by atoms with E-state index in [0.717, 1.165) is 11.3 Å². The van der Waals surface area contributed by atoms with Crippen LogP contribution in [-0.2, 0) is 7.05 Å². The van der Waals surface area contributed by atoms with E-state index in [1.54, 1.807) is 17.8 Å². The van der Waals surface area contributed by atoms with Gasteiger partial charge in [-0.05, 0) is 40.8 Å². The van der Waals surface area contributed by atoms with Crippen molar-refractivity contribution >= 4 is 17.3 Å². The number of carbonyl (C=O) groups is 1. The van der Waals surface area contributed by atoms with Gasteiger partial charge in [-0.15, -0.1) is 5.10 Å². The third-order valence-electron chi connectivity index (χ3n) is 3.62. The molecule has 3 aromatic rings. The summed E-state index contributed by atoms with van der Waals surface area (Å²) < 4.78 is 1.58. The molecule has 122 valence electrons. The molecule has 1 N–H and O–H groups in total. The van der Waals surface area contributed by atoms with Crippen molar-refractivity contribution in [3.05, 3.63) is 54.1 Å². The Kier molecular flexibility index (Phi) is 4.24. The van der Waals surface area contributed by atoms with Gasteiger partial charge in [-0.3, -0.25) is 4.79 Å². The minimum atomic E-state index is -0.160. The van der Waals surface area contributed by atoms with Crippen molar-refractivity contribution in [3.8, 4) is 11.4 Å². The second-order valence-electron chi connectivity index (χ2n) is 5.61. The van der Waals surface area contributed by atoms with Gasteiger partial charge < -0.3 is 10.2 Å². The highest BCUT2D eigenvalue weighted by Crippen LogP contribution is 2.21. The molecule has 0 atom stereocenters. The van der Waals surface area contributed by atoms with Crippen molar-refractivity contribution in [1.29, 1.82) is 0 Å². The largest absolute Gasteiger partial charge is 0.378 e. The monoisotopic (exact) mass is 322 g/mol. The van der Waals surface area contributed by atoms with Crippen LogP contribution in [0.5, 0.6) is 0 Å². The Hall–Kier alpha value is -3.22. The molecule has 1 heterocycles. The third-order valence-corrected chi connectivity index (χ3v) is 3.62. The van der Waals surface area contributed by atoms with E-state index in [2.05, 4.69) is 20.8 Å². The van der Waals surface area contributed by atoms with E-state index in [1.807, 2.05) is 61.5 Å². The number of rotatable bonds is 4. The first kappa shape index (κ1) is 15.7. The van der Waals surface area contributed by atoms with Gasteiger partial charge in [-0.25, -0.2) is 4.68 Å². The first-order valence-electron chi connectivity index (χ1n) is 7.46. The van der Waals surface area contributed by atoms with Crippen LogP contribution in [0.3, 0.4) is 0 Å². The maximum absolute atomic E-state index is 12.5. The standard InChI is InChI=1S/C17H18N6O/c1-22(2)15-9-5-7-13(11-15)17(24)18-14-8-4-6-12(10-14)16-19-20-21-23(16)3/h4-11H,1-3H3,(H,18,24). The summed E-state index contributed by atoms with van der Waals surface area (Å²) in [6, 6.07) is 14.9. The van der Waals surface area contributed by atoms with Gasteiger partial charge in [0.25, 0.3) is 5.91 Å². The number of aromatic nitrogens is 4. The maximum Gasteiger partial charge on any atom is 0.255 e. The number of nitrogens with zero attached hydrogens (tertiary/aromatic N) is 5. The Morgan fingerprint density at radius 2 is 1.92 bits per heavy atom. The number of nitrogens with one attached hydrogen (secondary N) is 1. The van der Waals surface area contributed by atoms with Crippen molar-refractivity contribution in [2.45, 2.75) is 0 Å². The summed E-state index contributed by atoms with van der Waals surface area (Å²) in [7, 11) is 5.65. The lowest BCUT2D eigenvalue weighted by Crippen LogP contribution is -2.14. The number of hydrogen-bond acceptors (Lipinski definition) is 5. The maximum atomic E-state index is 12.5. The van der Waals surface area contributed by atoms with Crippen molar-refractivity contribution in [3.63, 3.8) is 0 Å². The summed E-state index contributed by atoms with van der Waals surface area (Å²) >= 11 is 0. The van der Waals surface area contributed by atoms with Gasteiger partial charge in [0.2, 0.25) is 0 Å². The Morgan fingerprint density at radius 3 is 2.62 bits per heavy atom. The Labute approximate surface area is 139 Å². The number of amides is 1. The van der Waals surface area contributed by atoms with Crippen LogP contribution in [-0.4, -0.2) is 40.2 Å². The van der Waals surface area contributed by atoms with E-state index in [9.17, 15) is 4.79 Å². The average molecular weight is 322 g/mol. The molecule has 24 heavy (non-hydrogen) atoms. The molecule has 0 saturated heterocycles. The lowest BCUT2D eigenvalue weighted by molar-refractivity contribution is 0.102. The minimum absolute atomic E-state index is 0.160. The van der Waals surface area contributed by atoms with Crippen molar-refractivity contribution in [1.82, 2.24) is 20.2 Å². The molecule has 0 aliphatic carbocycles. The number of anilines is 2. The van der Waals surface area contributed by atoms with Gasteiger partial charge in [-0.1, -0.05) is 18.2 Å². The second-order valence-corrected chi connectivity index (χ2v) is 5.61. The molecule has 0 radical (unpaired) electrons. The van der Waals surface area contributed by atoms with Gasteiger partial charge in [0, 0.05) is 43.6 Å². The number of carbonyl (C=O) groups excluding carboxylic acids is 1. The molecule has 2 aromatic carbocycles. The number of aryl methyl sites for hydroxylation is 1. The van der Waals surface area contributed by atoms with E-state index in [0.29, 0.717) is 17.1 Å². The molecule has 0 unspecified atom stereocenters. The fraction of sp³-hybridized carbons (Fsp3) is 0.176. The van der Waals surface area contributed by atoms with Crippen LogP contribution in [0.25, 0.3) is 11.4 Å². The van der Waals surface area contributed by atoms with E-state index in [-0.39, 0.29) is 5.91 Å². The first-order valence-corrected chi connectivity index (χ1v) is 7.46. The van der Waals surface area contributed by atoms with Gasteiger partial charge in [-0.2, -0.15) is 0 Å². The van der Waals surface area contributed by atoms with Gasteiger partial charge in [0.1, 0.15) is 0 Å². The van der Waals surface area contributed by atoms with Crippen LogP contribution in [0, 0.1) is 0 Å². The molecule has 0 aliphatic rings. The SMILES string of the molecule is CN(C)c1cccc(C(=O)Nc2cccc(-c3nnnn3C)c2)c1. The van der Waals surface area contributed by atoms with Crippen LogP contribution in [0.15, 0.2) is 48.5 Å². The summed E-state index contributed by atoms with van der Waals surface area (Å²) in [5, 5.41) is 14.3. The summed E-state index contributed by atoms with van der Waals surface area (Å²) in [5.74, 6) is 0.479. The van der Waals surface area contributed by atoms with Crippen LogP contribution in [0.1, 0.15) is 10.4 Å².